The lowest BCUT2D eigenvalue weighted by Gasteiger charge is -2.19. The van der Waals surface area contributed by atoms with Crippen molar-refractivity contribution in [2.45, 2.75) is 13.2 Å². The van der Waals surface area contributed by atoms with Gasteiger partial charge in [0.25, 0.3) is 0 Å². The minimum absolute atomic E-state index is 0.00562. The first-order valence-corrected chi connectivity index (χ1v) is 15.7. The van der Waals surface area contributed by atoms with Gasteiger partial charge in [0, 0.05) is 18.9 Å². The smallest absolute Gasteiger partial charge is 0.114 e. The predicted octanol–water partition coefficient (Wildman–Crippen LogP) is 12.6. The molecule has 49 heavy (non-hydrogen) atoms. The highest BCUT2D eigenvalue weighted by atomic mass is 15.1. The van der Waals surface area contributed by atoms with Crippen LogP contribution in [0.4, 0.5) is 0 Å². The van der Waals surface area contributed by atoms with E-state index in [4.69, 9.17) is 20.6 Å². The number of aryl methyl sites for hydroxylation is 1. The molecule has 0 aliphatic carbocycles. The van der Waals surface area contributed by atoms with Crippen LogP contribution in [0, 0.1) is 0 Å². The highest BCUT2D eigenvalue weighted by Gasteiger charge is 2.19. The fraction of sp³-hybridized carbons (Fsp3) is 0.0426. The average Bonchev–Trinajstić information content (AvgIpc) is 3.68. The average molecular weight is 642 g/mol. The molecule has 0 saturated carbocycles. The minimum Gasteiger partial charge on any atom is -0.296 e. The summed E-state index contributed by atoms with van der Waals surface area (Å²) in [4.78, 5) is 4.46. The van der Waals surface area contributed by atoms with Gasteiger partial charge in [-0.05, 0) is 102 Å². The number of rotatable bonds is 6. The van der Waals surface area contributed by atoms with Crippen LogP contribution in [-0.2, 0) is 6.37 Å². The highest BCUT2D eigenvalue weighted by molar-refractivity contribution is 6.22. The first-order valence-electron chi connectivity index (χ1n) is 23.2. The lowest BCUT2D eigenvalue weighted by Crippen LogP contribution is -2.00. The molecule has 2 heteroatoms. The summed E-state index contributed by atoms with van der Waals surface area (Å²) < 4.78 is 128. The second-order valence-electron chi connectivity index (χ2n) is 11.6. The SMILES string of the molecule is [2H]c1c([2H])c([2H])c(-c2cccc(-c3c4ccccc4c(-c4ccc(-n5c(C([2H])([2H])C([2H])([2H])[2H])nc6ccccc65)cc4)c4ccc(-c5c([2H])c([2H])c([2H])c([2H])c5[2H])cc34)c2)c([2H])c1[2H]. The van der Waals surface area contributed by atoms with Gasteiger partial charge >= 0.3 is 0 Å². The Morgan fingerprint density at radius 2 is 1.12 bits per heavy atom. The van der Waals surface area contributed by atoms with Crippen LogP contribution in [-0.4, -0.2) is 9.55 Å². The summed E-state index contributed by atoms with van der Waals surface area (Å²) >= 11 is 0. The molecule has 0 fully saturated rings. The van der Waals surface area contributed by atoms with Gasteiger partial charge in [-0.2, -0.15) is 0 Å². The van der Waals surface area contributed by atoms with Crippen molar-refractivity contribution < 1.29 is 20.6 Å². The molecule has 0 saturated heterocycles. The molecule has 0 bridgehead atoms. The Bertz CT molecular complexity index is 3350. The molecule has 9 aromatic rings. The topological polar surface area (TPSA) is 17.8 Å². The van der Waals surface area contributed by atoms with Gasteiger partial charge in [0.15, 0.2) is 0 Å². The number of benzene rings is 8. The summed E-state index contributed by atoms with van der Waals surface area (Å²) in [6.45, 7) is -3.02. The first-order chi connectivity index (χ1) is 30.3. The summed E-state index contributed by atoms with van der Waals surface area (Å²) in [6, 6.07) is 29.7. The quantitative estimate of drug-likeness (QED) is 0.165. The van der Waals surface area contributed by atoms with Crippen LogP contribution >= 0.6 is 0 Å². The molecule has 0 N–H and O–H groups in total. The van der Waals surface area contributed by atoms with E-state index in [9.17, 15) is 0 Å². The normalized spacial score (nSPS) is 16.4. The van der Waals surface area contributed by atoms with Gasteiger partial charge in [0.1, 0.15) is 5.82 Å². The Kier molecular flexibility index (Phi) is 4.25. The largest absolute Gasteiger partial charge is 0.296 e. The number of fused-ring (bicyclic) bond motifs is 3. The van der Waals surface area contributed by atoms with Crippen molar-refractivity contribution in [2.75, 3.05) is 0 Å². The molecule has 232 valence electrons. The molecule has 0 amide bonds. The number of para-hydroxylation sites is 2. The van der Waals surface area contributed by atoms with Gasteiger partial charge in [-0.3, -0.25) is 4.57 Å². The van der Waals surface area contributed by atoms with Crippen molar-refractivity contribution in [1.82, 2.24) is 9.55 Å². The fourth-order valence-corrected chi connectivity index (χ4v) is 6.72. The monoisotopic (exact) mass is 641 g/mol. The van der Waals surface area contributed by atoms with Crippen LogP contribution in [0.5, 0.6) is 0 Å². The Labute approximate surface area is 307 Å². The molecule has 9 rings (SSSR count). The van der Waals surface area contributed by atoms with E-state index in [0.29, 0.717) is 49.7 Å². The van der Waals surface area contributed by atoms with E-state index in [1.807, 2.05) is 48.5 Å². The fourth-order valence-electron chi connectivity index (χ4n) is 6.72. The van der Waals surface area contributed by atoms with Crippen molar-refractivity contribution in [2.24, 2.45) is 0 Å². The lowest BCUT2D eigenvalue weighted by molar-refractivity contribution is 0.908. The van der Waals surface area contributed by atoms with Crippen LogP contribution < -0.4 is 0 Å². The van der Waals surface area contributed by atoms with E-state index < -0.39 is 49.5 Å². The van der Waals surface area contributed by atoms with Crippen LogP contribution in [0.15, 0.2) is 176 Å². The van der Waals surface area contributed by atoms with Gasteiger partial charge in [0.2, 0.25) is 0 Å². The van der Waals surface area contributed by atoms with Crippen molar-refractivity contribution in [3.63, 3.8) is 0 Å². The van der Waals surface area contributed by atoms with Crippen LogP contribution in [0.25, 0.3) is 82.8 Å². The predicted molar refractivity (Wildman–Crippen MR) is 207 cm³/mol. The first kappa shape index (κ1) is 17.2. The molecule has 0 atom stereocenters. The molecule has 0 aliphatic rings. The third-order valence-electron chi connectivity index (χ3n) is 8.84. The number of aromatic nitrogens is 2. The summed E-state index contributed by atoms with van der Waals surface area (Å²) in [5.74, 6) is -0.271. The zero-order valence-electron chi connectivity index (χ0n) is 40.9. The number of nitrogens with zero attached hydrogens (tertiary/aromatic N) is 2. The van der Waals surface area contributed by atoms with Gasteiger partial charge in [0.05, 0.1) is 24.7 Å². The van der Waals surface area contributed by atoms with Crippen LogP contribution in [0.2, 0.25) is 0 Å². The van der Waals surface area contributed by atoms with Gasteiger partial charge in [-0.25, -0.2) is 4.98 Å². The maximum Gasteiger partial charge on any atom is 0.114 e. The molecule has 8 aromatic carbocycles. The van der Waals surface area contributed by atoms with Crippen LogP contribution in [0.3, 0.4) is 0 Å². The second-order valence-corrected chi connectivity index (χ2v) is 11.6. The zero-order valence-corrected chi connectivity index (χ0v) is 25.9. The van der Waals surface area contributed by atoms with Gasteiger partial charge in [-0.1, -0.05) is 146 Å². The summed E-state index contributed by atoms with van der Waals surface area (Å²) in [6.07, 6.45) is -2.80. The second kappa shape index (κ2) is 12.1. The third-order valence-corrected chi connectivity index (χ3v) is 8.84. The molecular formula is C47H34N2. The molecule has 0 spiro atoms. The molecule has 0 unspecified atom stereocenters. The molecule has 2 nitrogen and oxygen atoms in total. The molecule has 0 aliphatic heterocycles. The van der Waals surface area contributed by atoms with Crippen molar-refractivity contribution in [1.29, 1.82) is 0 Å². The minimum atomic E-state index is -3.02. The Hall–Kier alpha value is -6.25. The summed E-state index contributed by atoms with van der Waals surface area (Å²) in [5, 5.41) is 2.88. The zero-order chi connectivity index (χ0) is 45.7. The molecule has 1 aromatic heterocycles. The Balaban J connectivity index is 1.33. The maximum atomic E-state index is 8.82. The lowest BCUT2D eigenvalue weighted by atomic mass is 9.84. The number of hydrogen-bond donors (Lipinski definition) is 0. The maximum absolute atomic E-state index is 8.82. The van der Waals surface area contributed by atoms with Gasteiger partial charge < -0.3 is 0 Å². The van der Waals surface area contributed by atoms with E-state index in [1.165, 1.54) is 4.57 Å². The van der Waals surface area contributed by atoms with Crippen molar-refractivity contribution in [3.8, 4) is 50.2 Å². The Morgan fingerprint density at radius 1 is 0.531 bits per heavy atom. The summed E-state index contributed by atoms with van der Waals surface area (Å²) in [5.41, 5.74) is 4.97. The number of imidazole rings is 1. The van der Waals surface area contributed by atoms with E-state index in [-0.39, 0.29) is 41.1 Å². The molecule has 1 heterocycles. The van der Waals surface area contributed by atoms with E-state index >= 15 is 0 Å². The van der Waals surface area contributed by atoms with E-state index in [1.54, 1.807) is 66.7 Å². The third kappa shape index (κ3) is 5.01. The standard InChI is InChI=1S/C47H34N2/c1-2-45-48-43-22-11-12-23-44(43)49(45)38-27-24-34(25-28-38)46-39-20-9-10-21-40(39)47(37-19-13-18-35(30-37)32-14-5-3-6-15-32)42-31-36(26-29-41(42)46)33-16-7-4-8-17-33/h3-31H,2H2,1H3/i1D3,2D2,3D,4D,5D,6D,7D,8D,14D,15D,16D,17D. The van der Waals surface area contributed by atoms with Crippen molar-refractivity contribution in [3.05, 3.63) is 182 Å². The van der Waals surface area contributed by atoms with E-state index in [0.717, 1.165) is 21.9 Å². The Morgan fingerprint density at radius 3 is 1.84 bits per heavy atom. The van der Waals surface area contributed by atoms with Gasteiger partial charge in [-0.15, -0.1) is 0 Å². The summed E-state index contributed by atoms with van der Waals surface area (Å²) in [7, 11) is 0. The molecule has 0 radical (unpaired) electrons. The molecular weight excluding hydrogens is 593 g/mol. The van der Waals surface area contributed by atoms with Crippen LogP contribution in [0.1, 0.15) is 33.2 Å². The van der Waals surface area contributed by atoms with Crippen molar-refractivity contribution >= 4 is 32.6 Å². The van der Waals surface area contributed by atoms with E-state index in [2.05, 4.69) is 4.98 Å². The number of hydrogen-bond acceptors (Lipinski definition) is 1. The highest BCUT2D eigenvalue weighted by Crippen LogP contribution is 2.45.